The monoisotopic (exact) mass is 249 g/mol. The molecule has 2 aliphatic carbocycles. The van der Waals surface area contributed by atoms with Crippen LogP contribution in [0.5, 0.6) is 0 Å². The van der Waals surface area contributed by atoms with Crippen LogP contribution in [0.15, 0.2) is 4.42 Å². The van der Waals surface area contributed by atoms with Crippen LogP contribution in [0.2, 0.25) is 0 Å². The minimum atomic E-state index is 0.564. The molecule has 0 aliphatic heterocycles. The normalized spacial score (nSPS) is 22.3. The van der Waals surface area contributed by atoms with Crippen LogP contribution in [-0.4, -0.2) is 28.2 Å². The van der Waals surface area contributed by atoms with E-state index in [1.54, 1.807) is 0 Å². The summed E-state index contributed by atoms with van der Waals surface area (Å²) in [5.41, 5.74) is 0. The third-order valence-electron chi connectivity index (χ3n) is 4.24. The Kier molecular flexibility index (Phi) is 3.64. The maximum Gasteiger partial charge on any atom is 0.230 e. The SMILES string of the molecule is CN(Cc1nnc(C2CC2)o1)C1CCCCCC1. The molecule has 0 atom stereocenters. The van der Waals surface area contributed by atoms with E-state index in [2.05, 4.69) is 22.1 Å². The molecule has 1 aromatic heterocycles. The van der Waals surface area contributed by atoms with Crippen LogP contribution in [0.25, 0.3) is 0 Å². The summed E-state index contributed by atoms with van der Waals surface area (Å²) in [5, 5.41) is 8.33. The standard InChI is InChI=1S/C14H23N3O/c1-17(12-6-4-2-3-5-7-12)10-13-15-16-14(18-13)11-8-9-11/h11-12H,2-10H2,1H3. The molecule has 1 heterocycles. The molecule has 0 radical (unpaired) electrons. The van der Waals surface area contributed by atoms with Gasteiger partial charge in [0.15, 0.2) is 0 Å². The van der Waals surface area contributed by atoms with E-state index in [9.17, 15) is 0 Å². The predicted molar refractivity (Wildman–Crippen MR) is 69.2 cm³/mol. The molecule has 2 fully saturated rings. The molecule has 4 heteroatoms. The highest BCUT2D eigenvalue weighted by Gasteiger charge is 2.29. The van der Waals surface area contributed by atoms with Crippen LogP contribution in [0.4, 0.5) is 0 Å². The number of aromatic nitrogens is 2. The van der Waals surface area contributed by atoms with Gasteiger partial charge in [-0.3, -0.25) is 4.90 Å². The lowest BCUT2D eigenvalue weighted by Crippen LogP contribution is -2.30. The quantitative estimate of drug-likeness (QED) is 0.769. The van der Waals surface area contributed by atoms with Crippen molar-refractivity contribution in [2.75, 3.05) is 7.05 Å². The molecule has 18 heavy (non-hydrogen) atoms. The largest absolute Gasteiger partial charge is 0.424 e. The van der Waals surface area contributed by atoms with E-state index < -0.39 is 0 Å². The molecule has 0 spiro atoms. The first kappa shape index (κ1) is 12.2. The van der Waals surface area contributed by atoms with Crippen molar-refractivity contribution >= 4 is 0 Å². The molecule has 0 bridgehead atoms. The van der Waals surface area contributed by atoms with Gasteiger partial charge >= 0.3 is 0 Å². The van der Waals surface area contributed by atoms with Gasteiger partial charge in [0.1, 0.15) is 0 Å². The molecule has 0 aromatic carbocycles. The second kappa shape index (κ2) is 5.39. The molecular formula is C14H23N3O. The van der Waals surface area contributed by atoms with E-state index in [-0.39, 0.29) is 0 Å². The van der Waals surface area contributed by atoms with Crippen molar-refractivity contribution in [2.24, 2.45) is 0 Å². The molecule has 3 rings (SSSR count). The van der Waals surface area contributed by atoms with Gasteiger partial charge < -0.3 is 4.42 Å². The van der Waals surface area contributed by atoms with Crippen LogP contribution in [0.3, 0.4) is 0 Å². The summed E-state index contributed by atoms with van der Waals surface area (Å²) < 4.78 is 5.74. The Balaban J connectivity index is 1.56. The van der Waals surface area contributed by atoms with Gasteiger partial charge in [0.25, 0.3) is 0 Å². The Bertz CT molecular complexity index is 378. The van der Waals surface area contributed by atoms with Crippen LogP contribution in [0.1, 0.15) is 69.1 Å². The van der Waals surface area contributed by atoms with Gasteiger partial charge in [-0.15, -0.1) is 10.2 Å². The van der Waals surface area contributed by atoms with E-state index in [1.165, 1.54) is 51.4 Å². The third-order valence-corrected chi connectivity index (χ3v) is 4.24. The topological polar surface area (TPSA) is 42.2 Å². The summed E-state index contributed by atoms with van der Waals surface area (Å²) in [4.78, 5) is 2.40. The van der Waals surface area contributed by atoms with Crippen LogP contribution >= 0.6 is 0 Å². The van der Waals surface area contributed by atoms with Crippen molar-refractivity contribution in [3.63, 3.8) is 0 Å². The van der Waals surface area contributed by atoms with Gasteiger partial charge in [0, 0.05) is 12.0 Å². The molecule has 1 aromatic rings. The summed E-state index contributed by atoms with van der Waals surface area (Å²) >= 11 is 0. The molecular weight excluding hydrogens is 226 g/mol. The minimum absolute atomic E-state index is 0.564. The van der Waals surface area contributed by atoms with Crippen LogP contribution in [-0.2, 0) is 6.54 Å². The van der Waals surface area contributed by atoms with Gasteiger partial charge in [-0.1, -0.05) is 25.7 Å². The van der Waals surface area contributed by atoms with Gasteiger partial charge in [0.05, 0.1) is 6.54 Å². The van der Waals surface area contributed by atoms with Crippen molar-refractivity contribution < 1.29 is 4.42 Å². The lowest BCUT2D eigenvalue weighted by atomic mass is 10.1. The molecule has 0 saturated heterocycles. The Morgan fingerprint density at radius 3 is 2.44 bits per heavy atom. The van der Waals surface area contributed by atoms with Gasteiger partial charge in [0.2, 0.25) is 11.8 Å². The molecule has 2 saturated carbocycles. The summed E-state index contributed by atoms with van der Waals surface area (Å²) in [6.45, 7) is 0.810. The summed E-state index contributed by atoms with van der Waals surface area (Å²) in [6.07, 6.45) is 10.6. The second-order valence-corrected chi connectivity index (χ2v) is 5.87. The highest BCUT2D eigenvalue weighted by molar-refractivity contribution is 5.00. The molecule has 2 aliphatic rings. The van der Waals surface area contributed by atoms with Crippen molar-refractivity contribution in [1.82, 2.24) is 15.1 Å². The number of rotatable bonds is 4. The van der Waals surface area contributed by atoms with E-state index in [0.29, 0.717) is 12.0 Å². The van der Waals surface area contributed by atoms with Crippen LogP contribution in [0, 0.1) is 0 Å². The Morgan fingerprint density at radius 1 is 1.06 bits per heavy atom. The average Bonchev–Trinajstić information content (AvgIpc) is 3.16. The number of hydrogen-bond donors (Lipinski definition) is 0. The van der Waals surface area contributed by atoms with E-state index in [4.69, 9.17) is 4.42 Å². The maximum absolute atomic E-state index is 5.74. The van der Waals surface area contributed by atoms with Crippen molar-refractivity contribution in [2.45, 2.75) is 69.9 Å². The van der Waals surface area contributed by atoms with E-state index >= 15 is 0 Å². The predicted octanol–water partition coefficient (Wildman–Crippen LogP) is 3.10. The van der Waals surface area contributed by atoms with Crippen molar-refractivity contribution in [1.29, 1.82) is 0 Å². The second-order valence-electron chi connectivity index (χ2n) is 5.87. The zero-order valence-electron chi connectivity index (χ0n) is 11.3. The fraction of sp³-hybridized carbons (Fsp3) is 0.857. The summed E-state index contributed by atoms with van der Waals surface area (Å²) in [5.74, 6) is 2.22. The lowest BCUT2D eigenvalue weighted by Gasteiger charge is -2.25. The fourth-order valence-corrected chi connectivity index (χ4v) is 2.87. The van der Waals surface area contributed by atoms with Gasteiger partial charge in [-0.25, -0.2) is 0 Å². The first-order valence-corrected chi connectivity index (χ1v) is 7.35. The molecule has 0 amide bonds. The smallest absolute Gasteiger partial charge is 0.230 e. The van der Waals surface area contributed by atoms with Crippen molar-refractivity contribution in [3.8, 4) is 0 Å². The fourth-order valence-electron chi connectivity index (χ4n) is 2.87. The highest BCUT2D eigenvalue weighted by Crippen LogP contribution is 2.39. The Hall–Kier alpha value is -0.900. The molecule has 0 unspecified atom stereocenters. The summed E-state index contributed by atoms with van der Waals surface area (Å²) in [7, 11) is 2.19. The molecule has 4 nitrogen and oxygen atoms in total. The minimum Gasteiger partial charge on any atom is -0.424 e. The van der Waals surface area contributed by atoms with E-state index in [0.717, 1.165) is 18.3 Å². The number of hydrogen-bond acceptors (Lipinski definition) is 4. The Morgan fingerprint density at radius 2 is 1.78 bits per heavy atom. The van der Waals surface area contributed by atoms with E-state index in [1.807, 2.05) is 0 Å². The highest BCUT2D eigenvalue weighted by atomic mass is 16.4. The summed E-state index contributed by atoms with van der Waals surface area (Å²) in [6, 6.07) is 0.698. The molecule has 0 N–H and O–H groups in total. The van der Waals surface area contributed by atoms with Gasteiger partial charge in [-0.2, -0.15) is 0 Å². The van der Waals surface area contributed by atoms with Crippen LogP contribution < -0.4 is 0 Å². The third kappa shape index (κ3) is 2.91. The Labute approximate surface area is 109 Å². The zero-order chi connectivity index (χ0) is 12.4. The number of nitrogens with zero attached hydrogens (tertiary/aromatic N) is 3. The first-order valence-electron chi connectivity index (χ1n) is 7.35. The first-order chi connectivity index (χ1) is 8.83. The van der Waals surface area contributed by atoms with Crippen molar-refractivity contribution in [3.05, 3.63) is 11.8 Å². The maximum atomic E-state index is 5.74. The van der Waals surface area contributed by atoms with Gasteiger partial charge in [-0.05, 0) is 32.7 Å². The zero-order valence-corrected chi connectivity index (χ0v) is 11.3. The average molecular weight is 249 g/mol. The lowest BCUT2D eigenvalue weighted by molar-refractivity contribution is 0.193. The molecule has 100 valence electrons.